The average molecular weight is 415 g/mol. The van der Waals surface area contributed by atoms with Crippen molar-refractivity contribution in [1.82, 2.24) is 4.90 Å². The van der Waals surface area contributed by atoms with Crippen LogP contribution in [0.5, 0.6) is 0 Å². The van der Waals surface area contributed by atoms with Crippen molar-refractivity contribution in [1.29, 1.82) is 0 Å². The van der Waals surface area contributed by atoms with Crippen LogP contribution in [-0.4, -0.2) is 35.1 Å². The van der Waals surface area contributed by atoms with E-state index in [4.69, 9.17) is 4.74 Å². The van der Waals surface area contributed by atoms with Gasteiger partial charge in [0.2, 0.25) is 5.91 Å². The van der Waals surface area contributed by atoms with Gasteiger partial charge in [0, 0.05) is 6.54 Å². The molecule has 0 unspecified atom stereocenters. The first-order chi connectivity index (χ1) is 11.7. The van der Waals surface area contributed by atoms with Gasteiger partial charge in [-0.15, -0.1) is 0 Å². The van der Waals surface area contributed by atoms with E-state index in [9.17, 15) is 14.0 Å². The van der Waals surface area contributed by atoms with E-state index in [1.807, 2.05) is 0 Å². The van der Waals surface area contributed by atoms with Gasteiger partial charge in [-0.25, -0.2) is 9.18 Å². The molecule has 1 aliphatic heterocycles. The standard InChI is InChI=1S/C18H24BrFN2O3/c1-18(2,3)25-17(24)22-11-6-4-5-10-14(22)16(23)21-13-9-7-8-12(19)15(13)20/h7-9,14H,4-6,10-11H2,1-3H3,(H,21,23)/t14-/m0/s1. The lowest BCUT2D eigenvalue weighted by Gasteiger charge is -2.31. The molecule has 0 bridgehead atoms. The third-order valence-corrected chi connectivity index (χ3v) is 4.51. The van der Waals surface area contributed by atoms with E-state index >= 15 is 0 Å². The number of anilines is 1. The van der Waals surface area contributed by atoms with Gasteiger partial charge in [0.05, 0.1) is 10.2 Å². The van der Waals surface area contributed by atoms with Gasteiger partial charge < -0.3 is 10.1 Å². The maximum atomic E-state index is 14.1. The Kier molecular flexibility index (Phi) is 6.43. The number of ether oxygens (including phenoxy) is 1. The third-order valence-electron chi connectivity index (χ3n) is 3.89. The van der Waals surface area contributed by atoms with Gasteiger partial charge in [-0.3, -0.25) is 9.69 Å². The van der Waals surface area contributed by atoms with Crippen LogP contribution in [-0.2, 0) is 9.53 Å². The quantitative estimate of drug-likeness (QED) is 0.762. The normalized spacial score (nSPS) is 18.4. The predicted octanol–water partition coefficient (Wildman–Crippen LogP) is 4.71. The van der Waals surface area contributed by atoms with Gasteiger partial charge in [-0.2, -0.15) is 0 Å². The van der Waals surface area contributed by atoms with Crippen molar-refractivity contribution in [2.75, 3.05) is 11.9 Å². The molecule has 1 N–H and O–H groups in total. The van der Waals surface area contributed by atoms with Gasteiger partial charge in [0.15, 0.2) is 5.82 Å². The van der Waals surface area contributed by atoms with Crippen LogP contribution >= 0.6 is 15.9 Å². The number of halogens is 2. The van der Waals surface area contributed by atoms with Gasteiger partial charge in [-0.05, 0) is 61.7 Å². The summed E-state index contributed by atoms with van der Waals surface area (Å²) in [6, 6.07) is 4.02. The monoisotopic (exact) mass is 414 g/mol. The molecule has 0 radical (unpaired) electrons. The van der Waals surface area contributed by atoms with Gasteiger partial charge in [0.1, 0.15) is 11.6 Å². The van der Waals surface area contributed by atoms with Crippen molar-refractivity contribution in [2.24, 2.45) is 0 Å². The van der Waals surface area contributed by atoms with Crippen molar-refractivity contribution in [2.45, 2.75) is 58.1 Å². The zero-order chi connectivity index (χ0) is 18.6. The molecule has 1 aromatic rings. The lowest BCUT2D eigenvalue weighted by molar-refractivity contribution is -0.121. The highest BCUT2D eigenvalue weighted by Crippen LogP contribution is 2.25. The SMILES string of the molecule is CC(C)(C)OC(=O)N1CCCCC[C@H]1C(=O)Nc1cccc(Br)c1F. The number of nitrogens with one attached hydrogen (secondary N) is 1. The molecule has 7 heteroatoms. The Morgan fingerprint density at radius 1 is 1.28 bits per heavy atom. The molecule has 0 saturated carbocycles. The second-order valence-electron chi connectivity index (χ2n) is 7.13. The highest BCUT2D eigenvalue weighted by Gasteiger charge is 2.34. The molecule has 1 fully saturated rings. The minimum Gasteiger partial charge on any atom is -0.444 e. The minimum absolute atomic E-state index is 0.0905. The summed E-state index contributed by atoms with van der Waals surface area (Å²) in [5.41, 5.74) is -0.548. The first kappa shape index (κ1) is 19.7. The van der Waals surface area contributed by atoms with Crippen LogP contribution < -0.4 is 5.32 Å². The Bertz CT molecular complexity index is 646. The highest BCUT2D eigenvalue weighted by atomic mass is 79.9. The Balaban J connectivity index is 2.18. The maximum absolute atomic E-state index is 14.1. The number of carbonyl (C=O) groups excluding carboxylic acids is 2. The van der Waals surface area contributed by atoms with E-state index in [2.05, 4.69) is 21.2 Å². The van der Waals surface area contributed by atoms with E-state index in [1.54, 1.807) is 32.9 Å². The van der Waals surface area contributed by atoms with Gasteiger partial charge >= 0.3 is 6.09 Å². The minimum atomic E-state index is -0.671. The Labute approximate surface area is 156 Å². The van der Waals surface area contributed by atoms with Crippen LogP contribution in [0.2, 0.25) is 0 Å². The summed E-state index contributed by atoms with van der Waals surface area (Å²) in [6.45, 7) is 5.81. The molecule has 0 spiro atoms. The molecule has 138 valence electrons. The molecule has 5 nitrogen and oxygen atoms in total. The van der Waals surface area contributed by atoms with Crippen LogP contribution in [0.4, 0.5) is 14.9 Å². The lowest BCUT2D eigenvalue weighted by atomic mass is 10.1. The molecular formula is C18H24BrFN2O3. The Hall–Kier alpha value is -1.63. The van der Waals surface area contributed by atoms with E-state index in [0.29, 0.717) is 13.0 Å². The molecule has 0 aliphatic carbocycles. The zero-order valence-corrected chi connectivity index (χ0v) is 16.4. The van der Waals surface area contributed by atoms with E-state index < -0.39 is 29.5 Å². The molecule has 1 aromatic carbocycles. The fourth-order valence-corrected chi connectivity index (χ4v) is 3.10. The lowest BCUT2D eigenvalue weighted by Crippen LogP contribution is -2.48. The molecule has 0 aromatic heterocycles. The fourth-order valence-electron chi connectivity index (χ4n) is 2.74. The first-order valence-electron chi connectivity index (χ1n) is 8.43. The molecule has 1 heterocycles. The number of nitrogens with zero attached hydrogens (tertiary/aromatic N) is 1. The number of amides is 2. The van der Waals surface area contributed by atoms with Crippen LogP contribution in [0.3, 0.4) is 0 Å². The van der Waals surface area contributed by atoms with E-state index in [1.165, 1.54) is 11.0 Å². The number of likely N-dealkylation sites (tertiary alicyclic amines) is 1. The molecule has 1 atom stereocenters. The van der Waals surface area contributed by atoms with Crippen molar-refractivity contribution >= 4 is 33.6 Å². The van der Waals surface area contributed by atoms with Gasteiger partial charge in [0.25, 0.3) is 0 Å². The first-order valence-corrected chi connectivity index (χ1v) is 9.23. The molecule has 2 rings (SSSR count). The summed E-state index contributed by atoms with van der Waals surface area (Å²) >= 11 is 3.10. The molecule has 1 saturated heterocycles. The molecule has 25 heavy (non-hydrogen) atoms. The number of benzene rings is 1. The Morgan fingerprint density at radius 2 is 2.00 bits per heavy atom. The Morgan fingerprint density at radius 3 is 2.68 bits per heavy atom. The van der Waals surface area contributed by atoms with Crippen LogP contribution in [0.15, 0.2) is 22.7 Å². The van der Waals surface area contributed by atoms with Crippen molar-refractivity contribution in [3.8, 4) is 0 Å². The van der Waals surface area contributed by atoms with Crippen molar-refractivity contribution in [3.63, 3.8) is 0 Å². The van der Waals surface area contributed by atoms with Crippen LogP contribution in [0.25, 0.3) is 0 Å². The summed E-state index contributed by atoms with van der Waals surface area (Å²) < 4.78 is 19.8. The fraction of sp³-hybridized carbons (Fsp3) is 0.556. The summed E-state index contributed by atoms with van der Waals surface area (Å²) in [5, 5.41) is 2.60. The predicted molar refractivity (Wildman–Crippen MR) is 97.9 cm³/mol. The second kappa shape index (κ2) is 8.17. The second-order valence-corrected chi connectivity index (χ2v) is 7.98. The number of carbonyl (C=O) groups is 2. The van der Waals surface area contributed by atoms with Crippen LogP contribution in [0.1, 0.15) is 46.5 Å². The maximum Gasteiger partial charge on any atom is 0.410 e. The van der Waals surface area contributed by atoms with E-state index in [-0.39, 0.29) is 10.2 Å². The molecule has 1 aliphatic rings. The van der Waals surface area contributed by atoms with Gasteiger partial charge in [-0.1, -0.05) is 18.9 Å². The third kappa shape index (κ3) is 5.42. The van der Waals surface area contributed by atoms with Crippen molar-refractivity contribution < 1.29 is 18.7 Å². The summed E-state index contributed by atoms with van der Waals surface area (Å²) in [6.07, 6.45) is 2.60. The summed E-state index contributed by atoms with van der Waals surface area (Å²) in [5.74, 6) is -0.932. The molecule has 2 amide bonds. The zero-order valence-electron chi connectivity index (χ0n) is 14.8. The average Bonchev–Trinajstić information content (AvgIpc) is 2.76. The van der Waals surface area contributed by atoms with E-state index in [0.717, 1.165) is 19.3 Å². The largest absolute Gasteiger partial charge is 0.444 e. The van der Waals surface area contributed by atoms with Crippen molar-refractivity contribution in [3.05, 3.63) is 28.5 Å². The highest BCUT2D eigenvalue weighted by molar-refractivity contribution is 9.10. The number of hydrogen-bond donors (Lipinski definition) is 1. The van der Waals surface area contributed by atoms with Crippen LogP contribution in [0, 0.1) is 5.82 Å². The summed E-state index contributed by atoms with van der Waals surface area (Å²) in [7, 11) is 0. The molecular weight excluding hydrogens is 391 g/mol. The number of rotatable bonds is 2. The summed E-state index contributed by atoms with van der Waals surface area (Å²) in [4.78, 5) is 26.7. The smallest absolute Gasteiger partial charge is 0.410 e. The number of hydrogen-bond acceptors (Lipinski definition) is 3. The topological polar surface area (TPSA) is 58.6 Å².